The number of cyclic esters (lactones) is 1. The van der Waals surface area contributed by atoms with Crippen LogP contribution in [-0.4, -0.2) is 36.1 Å². The molecule has 104 valence electrons. The van der Waals surface area contributed by atoms with Crippen LogP contribution in [0.3, 0.4) is 0 Å². The SMILES string of the molecule is CC(C)(C)NC(C(=O)C(C)(C)C)C1CNC(=O)O1. The van der Waals surface area contributed by atoms with Crippen LogP contribution in [0.2, 0.25) is 0 Å². The van der Waals surface area contributed by atoms with Crippen LogP contribution < -0.4 is 10.6 Å². The second kappa shape index (κ2) is 4.88. The molecular formula is C13H24N2O3. The molecule has 1 aliphatic rings. The number of alkyl carbamates (subject to hydrolysis) is 1. The fourth-order valence-corrected chi connectivity index (χ4v) is 1.85. The molecule has 1 saturated heterocycles. The highest BCUT2D eigenvalue weighted by molar-refractivity contribution is 5.90. The highest BCUT2D eigenvalue weighted by Crippen LogP contribution is 2.22. The van der Waals surface area contributed by atoms with E-state index in [1.807, 2.05) is 41.5 Å². The molecule has 0 spiro atoms. The second-order valence-corrected chi connectivity index (χ2v) is 6.81. The molecule has 0 aliphatic carbocycles. The minimum atomic E-state index is -0.482. The van der Waals surface area contributed by atoms with Gasteiger partial charge in [0, 0.05) is 11.0 Å². The zero-order valence-corrected chi connectivity index (χ0v) is 12.1. The number of ether oxygens (including phenoxy) is 1. The summed E-state index contributed by atoms with van der Waals surface area (Å²) >= 11 is 0. The molecular weight excluding hydrogens is 232 g/mol. The van der Waals surface area contributed by atoms with Crippen LogP contribution in [0.5, 0.6) is 0 Å². The molecule has 2 atom stereocenters. The Kier molecular flexibility index (Phi) is 4.05. The first-order valence-corrected chi connectivity index (χ1v) is 6.27. The molecule has 0 radical (unpaired) electrons. The Morgan fingerprint density at radius 1 is 1.33 bits per heavy atom. The first-order valence-electron chi connectivity index (χ1n) is 6.27. The molecule has 1 fully saturated rings. The number of hydrogen-bond acceptors (Lipinski definition) is 4. The Hall–Kier alpha value is -1.10. The van der Waals surface area contributed by atoms with Crippen molar-refractivity contribution in [1.29, 1.82) is 0 Å². The van der Waals surface area contributed by atoms with Crippen molar-refractivity contribution < 1.29 is 14.3 Å². The number of carbonyl (C=O) groups is 2. The van der Waals surface area contributed by atoms with Crippen molar-refractivity contribution in [3.05, 3.63) is 0 Å². The van der Waals surface area contributed by atoms with Crippen LogP contribution in [0.4, 0.5) is 4.79 Å². The van der Waals surface area contributed by atoms with E-state index in [1.165, 1.54) is 0 Å². The Morgan fingerprint density at radius 2 is 1.89 bits per heavy atom. The second-order valence-electron chi connectivity index (χ2n) is 6.81. The minimum absolute atomic E-state index is 0.0546. The van der Waals surface area contributed by atoms with Crippen LogP contribution in [0.25, 0.3) is 0 Å². The molecule has 0 aromatic rings. The first-order chi connectivity index (χ1) is 8.00. The molecule has 0 aromatic carbocycles. The molecule has 0 bridgehead atoms. The Bertz CT molecular complexity index is 339. The fourth-order valence-electron chi connectivity index (χ4n) is 1.85. The van der Waals surface area contributed by atoms with Gasteiger partial charge in [0.05, 0.1) is 6.54 Å². The van der Waals surface area contributed by atoms with E-state index in [9.17, 15) is 9.59 Å². The maximum Gasteiger partial charge on any atom is 0.407 e. The van der Waals surface area contributed by atoms with Crippen LogP contribution in [0, 0.1) is 5.41 Å². The molecule has 1 rings (SSSR count). The van der Waals surface area contributed by atoms with Crippen molar-refractivity contribution in [2.45, 2.75) is 59.2 Å². The van der Waals surface area contributed by atoms with Gasteiger partial charge in [-0.05, 0) is 20.8 Å². The highest BCUT2D eigenvalue weighted by atomic mass is 16.6. The lowest BCUT2D eigenvalue weighted by atomic mass is 9.83. The summed E-state index contributed by atoms with van der Waals surface area (Å²) < 4.78 is 5.15. The smallest absolute Gasteiger partial charge is 0.407 e. The Labute approximate surface area is 109 Å². The number of nitrogens with one attached hydrogen (secondary N) is 2. The van der Waals surface area contributed by atoms with Crippen LogP contribution in [0.15, 0.2) is 0 Å². The molecule has 18 heavy (non-hydrogen) atoms. The number of ketones is 1. The number of Topliss-reactive ketones (excluding diaryl/α,β-unsaturated/α-hetero) is 1. The third kappa shape index (κ3) is 3.98. The zero-order valence-electron chi connectivity index (χ0n) is 12.1. The first kappa shape index (κ1) is 15.0. The Balaban J connectivity index is 2.88. The highest BCUT2D eigenvalue weighted by Gasteiger charge is 2.41. The van der Waals surface area contributed by atoms with Gasteiger partial charge in [-0.3, -0.25) is 10.1 Å². The van der Waals surface area contributed by atoms with Gasteiger partial charge >= 0.3 is 6.09 Å². The van der Waals surface area contributed by atoms with Crippen LogP contribution >= 0.6 is 0 Å². The van der Waals surface area contributed by atoms with E-state index in [0.717, 1.165) is 0 Å². The van der Waals surface area contributed by atoms with Crippen molar-refractivity contribution in [3.63, 3.8) is 0 Å². The summed E-state index contributed by atoms with van der Waals surface area (Å²) in [5.74, 6) is 0.0546. The van der Waals surface area contributed by atoms with Gasteiger partial charge in [-0.15, -0.1) is 0 Å². The van der Waals surface area contributed by atoms with Crippen molar-refractivity contribution in [2.24, 2.45) is 5.41 Å². The molecule has 1 aliphatic heterocycles. The summed E-state index contributed by atoms with van der Waals surface area (Å²) in [5.41, 5.74) is -0.696. The average Bonchev–Trinajstić information content (AvgIpc) is 2.57. The summed E-state index contributed by atoms with van der Waals surface area (Å²) in [6, 6.07) is -0.482. The van der Waals surface area contributed by atoms with E-state index in [1.54, 1.807) is 0 Å². The average molecular weight is 256 g/mol. The zero-order chi connectivity index (χ0) is 14.1. The normalized spacial score (nSPS) is 22.3. The molecule has 1 amide bonds. The van der Waals surface area contributed by atoms with Crippen LogP contribution in [0.1, 0.15) is 41.5 Å². The quantitative estimate of drug-likeness (QED) is 0.802. The van der Waals surface area contributed by atoms with E-state index < -0.39 is 23.7 Å². The Morgan fingerprint density at radius 3 is 2.22 bits per heavy atom. The largest absolute Gasteiger partial charge is 0.442 e. The van der Waals surface area contributed by atoms with Gasteiger partial charge in [0.15, 0.2) is 5.78 Å². The fraction of sp³-hybridized carbons (Fsp3) is 0.846. The van der Waals surface area contributed by atoms with Crippen molar-refractivity contribution in [3.8, 4) is 0 Å². The predicted molar refractivity (Wildman–Crippen MR) is 69.4 cm³/mol. The summed E-state index contributed by atoms with van der Waals surface area (Å²) in [7, 11) is 0. The number of hydrogen-bond donors (Lipinski definition) is 2. The van der Waals surface area contributed by atoms with Gasteiger partial charge in [-0.2, -0.15) is 0 Å². The van der Waals surface area contributed by atoms with Crippen molar-refractivity contribution in [2.75, 3.05) is 6.54 Å². The van der Waals surface area contributed by atoms with Crippen molar-refractivity contribution >= 4 is 11.9 Å². The summed E-state index contributed by atoms with van der Waals surface area (Å²) in [5, 5.41) is 5.85. The maximum atomic E-state index is 12.5. The molecule has 2 unspecified atom stereocenters. The molecule has 2 N–H and O–H groups in total. The summed E-state index contributed by atoms with van der Waals surface area (Å²) in [6.45, 7) is 11.9. The summed E-state index contributed by atoms with van der Waals surface area (Å²) in [6.07, 6.45) is -0.897. The number of amides is 1. The van der Waals surface area contributed by atoms with Gasteiger partial charge in [-0.1, -0.05) is 20.8 Å². The minimum Gasteiger partial charge on any atom is -0.442 e. The van der Waals surface area contributed by atoms with Gasteiger partial charge in [-0.25, -0.2) is 4.79 Å². The van der Waals surface area contributed by atoms with Crippen LogP contribution in [-0.2, 0) is 9.53 Å². The molecule has 5 heteroatoms. The van der Waals surface area contributed by atoms with Crippen molar-refractivity contribution in [1.82, 2.24) is 10.6 Å². The molecule has 5 nitrogen and oxygen atoms in total. The lowest BCUT2D eigenvalue weighted by Crippen LogP contribution is -2.57. The van der Waals surface area contributed by atoms with E-state index >= 15 is 0 Å². The number of carbonyl (C=O) groups excluding carboxylic acids is 2. The third-order valence-electron chi connectivity index (χ3n) is 2.69. The molecule has 1 heterocycles. The monoisotopic (exact) mass is 256 g/mol. The van der Waals surface area contributed by atoms with Gasteiger partial charge in [0.2, 0.25) is 0 Å². The van der Waals surface area contributed by atoms with E-state index in [-0.39, 0.29) is 11.3 Å². The summed E-state index contributed by atoms with van der Waals surface area (Å²) in [4.78, 5) is 23.6. The van der Waals surface area contributed by atoms with Gasteiger partial charge in [0.1, 0.15) is 12.1 Å². The third-order valence-corrected chi connectivity index (χ3v) is 2.69. The van der Waals surface area contributed by atoms with Gasteiger partial charge in [0.25, 0.3) is 0 Å². The standard InChI is InChI=1S/C13H24N2O3/c1-12(2,3)10(16)9(15-13(4,5)6)8-7-14-11(17)18-8/h8-9,15H,7H2,1-6H3,(H,14,17). The lowest BCUT2D eigenvalue weighted by Gasteiger charge is -2.33. The molecule has 0 aromatic heterocycles. The topological polar surface area (TPSA) is 67.4 Å². The van der Waals surface area contributed by atoms with E-state index in [4.69, 9.17) is 4.74 Å². The van der Waals surface area contributed by atoms with Gasteiger partial charge < -0.3 is 10.1 Å². The van der Waals surface area contributed by atoms with E-state index in [2.05, 4.69) is 10.6 Å². The lowest BCUT2D eigenvalue weighted by molar-refractivity contribution is -0.131. The predicted octanol–water partition coefficient (Wildman–Crippen LogP) is 1.47. The molecule has 0 saturated carbocycles. The van der Waals surface area contributed by atoms with E-state index in [0.29, 0.717) is 6.54 Å². The number of rotatable bonds is 3. The maximum absolute atomic E-state index is 12.5.